The van der Waals surface area contributed by atoms with Crippen molar-refractivity contribution in [1.29, 1.82) is 0 Å². The van der Waals surface area contributed by atoms with Gasteiger partial charge in [0.2, 0.25) is 0 Å². The molecule has 2 aliphatic rings. The van der Waals surface area contributed by atoms with Gasteiger partial charge in [0.25, 0.3) is 21.2 Å². The molecule has 11 atom stereocenters. The molecule has 0 radical (unpaired) electrons. The van der Waals surface area contributed by atoms with E-state index in [2.05, 4.69) is 13.4 Å². The summed E-state index contributed by atoms with van der Waals surface area (Å²) >= 11 is 0. The van der Waals surface area contributed by atoms with E-state index in [-0.39, 0.29) is 59.1 Å². The van der Waals surface area contributed by atoms with Gasteiger partial charge in [0.1, 0.15) is 48.3 Å². The Bertz CT molecular complexity index is 1220. The molecule has 2 aliphatic heterocycles. The fourth-order valence-electron chi connectivity index (χ4n) is 3.85. The molecule has 0 saturated carbocycles. The van der Waals surface area contributed by atoms with Gasteiger partial charge in [0, 0.05) is 12.3 Å². The third kappa shape index (κ3) is 9.30. The topological polar surface area (TPSA) is 323 Å². The standard InChI is InChI=1S/C17H28N2O18P2.2Na/c20-3-7-10(23)12(25)14(27)17(5-21,36-7)6-34-39(31,32)37-38(29,30)33-4-8-11(24)13(26)15(35-8)19-2-1-9(22)18-16(19)28;;/h1-2,7-8,10-15,20-21,23-27H,3-6H2,(H,29,30)(H,31,32)(H,18,22,28);;/q;2*+1/p-2/t7-,8-,10+,11-,12+,13-,14-,15-,17-;;/m1../s1. The molecule has 20 nitrogen and oxygen atoms in total. The predicted octanol–water partition coefficient (Wildman–Crippen LogP) is -12.6. The van der Waals surface area contributed by atoms with Crippen molar-refractivity contribution in [3.63, 3.8) is 0 Å². The molecule has 3 rings (SSSR count). The number of rotatable bonds is 11. The second-order valence-corrected chi connectivity index (χ2v) is 11.6. The summed E-state index contributed by atoms with van der Waals surface area (Å²) in [5.41, 5.74) is -4.24. The second kappa shape index (κ2) is 15.7. The first-order valence-corrected chi connectivity index (χ1v) is 13.9. The third-order valence-corrected chi connectivity index (χ3v) is 8.46. The first kappa shape index (κ1) is 39.6. The number of aliphatic hydroxyl groups is 7. The molecule has 0 amide bonds. The maximum atomic E-state index is 12.1. The summed E-state index contributed by atoms with van der Waals surface area (Å²) < 4.78 is 47.9. The minimum absolute atomic E-state index is 0. The Labute approximate surface area is 274 Å². The second-order valence-electron chi connectivity index (χ2n) is 8.60. The van der Waals surface area contributed by atoms with Gasteiger partial charge in [-0.25, -0.2) is 9.11 Å². The van der Waals surface area contributed by atoms with Crippen molar-refractivity contribution in [3.05, 3.63) is 33.1 Å². The molecule has 41 heavy (non-hydrogen) atoms. The van der Waals surface area contributed by atoms with Crippen molar-refractivity contribution in [2.75, 3.05) is 26.4 Å². The van der Waals surface area contributed by atoms with Gasteiger partial charge in [0.05, 0.1) is 26.4 Å². The van der Waals surface area contributed by atoms with Crippen LogP contribution in [0.1, 0.15) is 6.23 Å². The summed E-state index contributed by atoms with van der Waals surface area (Å²) in [5, 5.41) is 69.0. The Kier molecular flexibility index (Phi) is 15.2. The van der Waals surface area contributed by atoms with E-state index in [1.165, 1.54) is 0 Å². The number of phosphoric acid groups is 2. The molecule has 0 aliphatic carbocycles. The van der Waals surface area contributed by atoms with Gasteiger partial charge in [-0.3, -0.25) is 23.5 Å². The summed E-state index contributed by atoms with van der Waals surface area (Å²) in [5.74, 6) is 0. The Balaban J connectivity index is 0.00000420. The molecule has 0 spiro atoms. The van der Waals surface area contributed by atoms with Crippen LogP contribution in [0.4, 0.5) is 0 Å². The largest absolute Gasteiger partial charge is 1.00 e. The van der Waals surface area contributed by atoms with Gasteiger partial charge in [-0.05, 0) is 0 Å². The summed E-state index contributed by atoms with van der Waals surface area (Å²) in [7, 11) is -11.7. The summed E-state index contributed by atoms with van der Waals surface area (Å²) in [6.07, 6.45) is -13.6. The number of aromatic amines is 1. The summed E-state index contributed by atoms with van der Waals surface area (Å²) in [4.78, 5) is 49.2. The van der Waals surface area contributed by atoms with Crippen LogP contribution in [0, 0.1) is 0 Å². The van der Waals surface area contributed by atoms with Gasteiger partial charge in [0.15, 0.2) is 6.23 Å². The van der Waals surface area contributed by atoms with E-state index in [0.29, 0.717) is 4.57 Å². The number of hydrogen-bond acceptors (Lipinski definition) is 18. The van der Waals surface area contributed by atoms with Crippen LogP contribution >= 0.6 is 15.6 Å². The zero-order valence-corrected chi connectivity index (χ0v) is 27.4. The zero-order chi connectivity index (χ0) is 29.3. The monoisotopic (exact) mass is 654 g/mol. The first-order chi connectivity index (χ1) is 18.1. The van der Waals surface area contributed by atoms with Crippen LogP contribution in [-0.4, -0.2) is 120 Å². The fraction of sp³-hybridized carbons (Fsp3) is 0.765. The Morgan fingerprint density at radius 2 is 1.54 bits per heavy atom. The molecule has 2 fully saturated rings. The van der Waals surface area contributed by atoms with Crippen molar-refractivity contribution in [2.45, 2.75) is 54.6 Å². The van der Waals surface area contributed by atoms with Crippen molar-refractivity contribution in [2.24, 2.45) is 0 Å². The van der Waals surface area contributed by atoms with E-state index >= 15 is 0 Å². The average molecular weight is 654 g/mol. The maximum Gasteiger partial charge on any atom is 1.00 e. The number of ether oxygens (including phenoxy) is 2. The SMILES string of the molecule is O=c1ccn([C@@H]2O[C@H](COP(=O)([O-])OP(=O)([O-])OC[C@@]3(CO)O[C@H](CO)[C@H](O)[C@H](O)[C@H]3O)[C@@H](O)[C@H]2O)c(=O)[nH]1.[Na+].[Na+]. The average Bonchev–Trinajstić information content (AvgIpc) is 3.14. The Morgan fingerprint density at radius 3 is 2.10 bits per heavy atom. The number of aliphatic hydroxyl groups excluding tert-OH is 7. The minimum atomic E-state index is -5.88. The van der Waals surface area contributed by atoms with Crippen molar-refractivity contribution >= 4 is 15.6 Å². The number of phosphoric ester groups is 2. The van der Waals surface area contributed by atoms with Crippen LogP contribution in [0.3, 0.4) is 0 Å². The fourth-order valence-corrected chi connectivity index (χ4v) is 5.91. The van der Waals surface area contributed by atoms with E-state index in [4.69, 9.17) is 9.47 Å². The van der Waals surface area contributed by atoms with Crippen LogP contribution in [-0.2, 0) is 32.0 Å². The molecule has 0 bridgehead atoms. The first-order valence-electron chi connectivity index (χ1n) is 11.0. The van der Waals surface area contributed by atoms with Crippen LogP contribution in [0.15, 0.2) is 21.9 Å². The molecule has 224 valence electrons. The summed E-state index contributed by atoms with van der Waals surface area (Å²) in [6.45, 7) is -4.63. The summed E-state index contributed by atoms with van der Waals surface area (Å²) in [6, 6.07) is 0.907. The van der Waals surface area contributed by atoms with E-state index in [9.17, 15) is 64.3 Å². The van der Waals surface area contributed by atoms with E-state index < -0.39 is 108 Å². The normalized spacial score (nSPS) is 36.4. The molecule has 1 aromatic rings. The number of H-pyrrole nitrogens is 1. The van der Waals surface area contributed by atoms with Gasteiger partial charge >= 0.3 is 64.8 Å². The third-order valence-electron chi connectivity index (χ3n) is 5.95. The van der Waals surface area contributed by atoms with Crippen LogP contribution in [0.5, 0.6) is 0 Å². The van der Waals surface area contributed by atoms with Crippen LogP contribution in [0.2, 0.25) is 0 Å². The van der Waals surface area contributed by atoms with Gasteiger partial charge < -0.3 is 64.1 Å². The molecule has 2 saturated heterocycles. The maximum absolute atomic E-state index is 12.1. The predicted molar refractivity (Wildman–Crippen MR) is 115 cm³/mol. The Hall–Kier alpha value is 0.580. The molecule has 0 aromatic carbocycles. The molecular formula is C17H26N2Na2O18P2. The zero-order valence-electron chi connectivity index (χ0n) is 21.6. The molecular weight excluding hydrogens is 628 g/mol. The van der Waals surface area contributed by atoms with Gasteiger partial charge in [-0.2, -0.15) is 0 Å². The number of nitrogens with zero attached hydrogens (tertiary/aromatic N) is 1. The number of aromatic nitrogens is 2. The molecule has 2 unspecified atom stereocenters. The van der Waals surface area contributed by atoms with Crippen molar-refractivity contribution < 1.29 is 137 Å². The van der Waals surface area contributed by atoms with Crippen LogP contribution < -0.4 is 80.2 Å². The van der Waals surface area contributed by atoms with Gasteiger partial charge in [-0.1, -0.05) is 0 Å². The quantitative estimate of drug-likeness (QED) is 0.0811. The van der Waals surface area contributed by atoms with E-state index in [0.717, 1.165) is 12.3 Å². The van der Waals surface area contributed by atoms with Crippen molar-refractivity contribution in [3.8, 4) is 0 Å². The minimum Gasteiger partial charge on any atom is -0.756 e. The number of hydrogen-bond donors (Lipinski definition) is 8. The molecule has 3 heterocycles. The van der Waals surface area contributed by atoms with E-state index in [1.54, 1.807) is 0 Å². The molecule has 1 aromatic heterocycles. The van der Waals surface area contributed by atoms with E-state index in [1.807, 2.05) is 4.98 Å². The Morgan fingerprint density at radius 1 is 0.951 bits per heavy atom. The van der Waals surface area contributed by atoms with Crippen LogP contribution in [0.25, 0.3) is 0 Å². The van der Waals surface area contributed by atoms with Gasteiger partial charge in [-0.15, -0.1) is 0 Å². The van der Waals surface area contributed by atoms with Crippen molar-refractivity contribution in [1.82, 2.24) is 9.55 Å². The molecule has 8 N–H and O–H groups in total. The number of nitrogens with one attached hydrogen (secondary N) is 1. The smallest absolute Gasteiger partial charge is 0.756 e. The molecule has 24 heteroatoms.